The summed E-state index contributed by atoms with van der Waals surface area (Å²) in [5, 5.41) is 0. The lowest BCUT2D eigenvalue weighted by atomic mass is 10.0. The standard InChI is InChI=1S/C12H19NO/c1-4-7-14-9-10(2)12-6-5-11(3)13-8-12/h5-6,8,10H,4,7,9H2,1-3H3/t10-/m0/s1. The second-order valence-corrected chi connectivity index (χ2v) is 3.71. The fraction of sp³-hybridized carbons (Fsp3) is 0.583. The van der Waals surface area contributed by atoms with Gasteiger partial charge >= 0.3 is 0 Å². The van der Waals surface area contributed by atoms with E-state index < -0.39 is 0 Å². The Balaban J connectivity index is 2.43. The highest BCUT2D eigenvalue weighted by atomic mass is 16.5. The number of pyridine rings is 1. The molecule has 14 heavy (non-hydrogen) atoms. The van der Waals surface area contributed by atoms with Crippen molar-refractivity contribution < 1.29 is 4.74 Å². The molecule has 0 unspecified atom stereocenters. The Kier molecular flexibility index (Phi) is 4.60. The van der Waals surface area contributed by atoms with Crippen molar-refractivity contribution >= 4 is 0 Å². The van der Waals surface area contributed by atoms with Gasteiger partial charge in [0, 0.05) is 24.4 Å². The van der Waals surface area contributed by atoms with Crippen molar-refractivity contribution in [1.29, 1.82) is 0 Å². The molecule has 1 rings (SSSR count). The van der Waals surface area contributed by atoms with Gasteiger partial charge in [-0.1, -0.05) is 19.9 Å². The number of aromatic nitrogens is 1. The van der Waals surface area contributed by atoms with Gasteiger partial charge < -0.3 is 4.74 Å². The summed E-state index contributed by atoms with van der Waals surface area (Å²) in [6.45, 7) is 7.93. The van der Waals surface area contributed by atoms with Crippen LogP contribution in [0.4, 0.5) is 0 Å². The maximum absolute atomic E-state index is 5.50. The van der Waals surface area contributed by atoms with Gasteiger partial charge in [0.1, 0.15) is 0 Å². The Bertz CT molecular complexity index is 256. The second-order valence-electron chi connectivity index (χ2n) is 3.71. The Morgan fingerprint density at radius 3 is 2.79 bits per heavy atom. The summed E-state index contributed by atoms with van der Waals surface area (Å²) in [5.41, 5.74) is 2.32. The molecular formula is C12H19NO. The van der Waals surface area contributed by atoms with Gasteiger partial charge in [-0.25, -0.2) is 0 Å². The zero-order chi connectivity index (χ0) is 10.4. The van der Waals surface area contributed by atoms with E-state index in [4.69, 9.17) is 4.74 Å². The maximum atomic E-state index is 5.50. The zero-order valence-corrected chi connectivity index (χ0v) is 9.29. The molecule has 0 N–H and O–H groups in total. The normalized spacial score (nSPS) is 12.8. The number of hydrogen-bond acceptors (Lipinski definition) is 2. The highest BCUT2D eigenvalue weighted by Gasteiger charge is 2.05. The van der Waals surface area contributed by atoms with Crippen molar-refractivity contribution in [3.05, 3.63) is 29.6 Å². The van der Waals surface area contributed by atoms with Crippen molar-refractivity contribution in [2.45, 2.75) is 33.1 Å². The third-order valence-electron chi connectivity index (χ3n) is 2.22. The lowest BCUT2D eigenvalue weighted by Gasteiger charge is -2.11. The van der Waals surface area contributed by atoms with E-state index in [0.717, 1.165) is 25.3 Å². The van der Waals surface area contributed by atoms with Crippen molar-refractivity contribution in [3.63, 3.8) is 0 Å². The molecule has 0 spiro atoms. The molecule has 2 nitrogen and oxygen atoms in total. The molecule has 1 atom stereocenters. The molecule has 2 heteroatoms. The maximum Gasteiger partial charge on any atom is 0.0532 e. The Morgan fingerprint density at radius 1 is 1.43 bits per heavy atom. The van der Waals surface area contributed by atoms with Crippen LogP contribution in [0.15, 0.2) is 18.3 Å². The summed E-state index contributed by atoms with van der Waals surface area (Å²) in [5.74, 6) is 0.439. The van der Waals surface area contributed by atoms with Crippen LogP contribution in [-0.2, 0) is 4.74 Å². The Hall–Kier alpha value is -0.890. The molecule has 0 fully saturated rings. The van der Waals surface area contributed by atoms with Gasteiger partial charge in [-0.15, -0.1) is 0 Å². The first kappa shape index (κ1) is 11.2. The van der Waals surface area contributed by atoms with Gasteiger partial charge in [0.15, 0.2) is 0 Å². The van der Waals surface area contributed by atoms with Crippen LogP contribution in [0.1, 0.15) is 37.4 Å². The van der Waals surface area contributed by atoms with E-state index in [-0.39, 0.29) is 0 Å². The second kappa shape index (κ2) is 5.76. The predicted octanol–water partition coefficient (Wildman–Crippen LogP) is 2.92. The molecule has 0 aliphatic carbocycles. The van der Waals surface area contributed by atoms with E-state index >= 15 is 0 Å². The number of rotatable bonds is 5. The Labute approximate surface area is 86.3 Å². The lowest BCUT2D eigenvalue weighted by Crippen LogP contribution is -2.05. The summed E-state index contributed by atoms with van der Waals surface area (Å²) < 4.78 is 5.50. The fourth-order valence-corrected chi connectivity index (χ4v) is 1.27. The van der Waals surface area contributed by atoms with Crippen LogP contribution in [-0.4, -0.2) is 18.2 Å². The van der Waals surface area contributed by atoms with Gasteiger partial charge in [-0.3, -0.25) is 4.98 Å². The van der Waals surface area contributed by atoms with Crippen molar-refractivity contribution in [2.24, 2.45) is 0 Å². The van der Waals surface area contributed by atoms with Crippen molar-refractivity contribution in [3.8, 4) is 0 Å². The number of aryl methyl sites for hydroxylation is 1. The van der Waals surface area contributed by atoms with E-state index in [1.54, 1.807) is 0 Å². The first-order valence-electron chi connectivity index (χ1n) is 5.24. The molecule has 0 amide bonds. The summed E-state index contributed by atoms with van der Waals surface area (Å²) in [4.78, 5) is 4.27. The van der Waals surface area contributed by atoms with Crippen LogP contribution >= 0.6 is 0 Å². The monoisotopic (exact) mass is 193 g/mol. The minimum Gasteiger partial charge on any atom is -0.381 e. The van der Waals surface area contributed by atoms with Crippen LogP contribution in [0.3, 0.4) is 0 Å². The summed E-state index contributed by atoms with van der Waals surface area (Å²) >= 11 is 0. The van der Waals surface area contributed by atoms with E-state index in [2.05, 4.69) is 24.9 Å². The molecule has 1 aromatic heterocycles. The topological polar surface area (TPSA) is 22.1 Å². The molecule has 1 aromatic rings. The van der Waals surface area contributed by atoms with Gasteiger partial charge in [0.05, 0.1) is 6.61 Å². The van der Waals surface area contributed by atoms with Crippen LogP contribution in [0.2, 0.25) is 0 Å². The smallest absolute Gasteiger partial charge is 0.0532 e. The Morgan fingerprint density at radius 2 is 2.21 bits per heavy atom. The third kappa shape index (κ3) is 3.46. The van der Waals surface area contributed by atoms with E-state index in [1.807, 2.05) is 19.2 Å². The predicted molar refractivity (Wildman–Crippen MR) is 58.5 cm³/mol. The van der Waals surface area contributed by atoms with Gasteiger partial charge in [0.2, 0.25) is 0 Å². The van der Waals surface area contributed by atoms with Crippen LogP contribution < -0.4 is 0 Å². The average Bonchev–Trinajstić information content (AvgIpc) is 2.19. The van der Waals surface area contributed by atoms with Crippen LogP contribution in [0.25, 0.3) is 0 Å². The molecule has 0 aliphatic rings. The van der Waals surface area contributed by atoms with E-state index in [9.17, 15) is 0 Å². The zero-order valence-electron chi connectivity index (χ0n) is 9.29. The molecule has 0 aliphatic heterocycles. The van der Waals surface area contributed by atoms with E-state index in [1.165, 1.54) is 5.56 Å². The molecule has 0 aromatic carbocycles. The largest absolute Gasteiger partial charge is 0.381 e. The molecule has 78 valence electrons. The minimum atomic E-state index is 0.439. The number of nitrogens with zero attached hydrogens (tertiary/aromatic N) is 1. The highest BCUT2D eigenvalue weighted by Crippen LogP contribution is 2.14. The first-order chi connectivity index (χ1) is 6.74. The molecule has 0 radical (unpaired) electrons. The van der Waals surface area contributed by atoms with Crippen LogP contribution in [0, 0.1) is 6.92 Å². The molecule has 0 saturated heterocycles. The SMILES string of the molecule is CCCOC[C@H](C)c1ccc(C)nc1. The van der Waals surface area contributed by atoms with Gasteiger partial charge in [-0.05, 0) is 25.0 Å². The molecule has 0 bridgehead atoms. The fourth-order valence-electron chi connectivity index (χ4n) is 1.27. The van der Waals surface area contributed by atoms with Gasteiger partial charge in [-0.2, -0.15) is 0 Å². The van der Waals surface area contributed by atoms with Gasteiger partial charge in [0.25, 0.3) is 0 Å². The minimum absolute atomic E-state index is 0.439. The molecule has 0 saturated carbocycles. The molecule has 1 heterocycles. The van der Waals surface area contributed by atoms with Crippen molar-refractivity contribution in [2.75, 3.05) is 13.2 Å². The lowest BCUT2D eigenvalue weighted by molar-refractivity contribution is 0.124. The highest BCUT2D eigenvalue weighted by molar-refractivity contribution is 5.16. The first-order valence-corrected chi connectivity index (χ1v) is 5.24. The third-order valence-corrected chi connectivity index (χ3v) is 2.22. The number of hydrogen-bond donors (Lipinski definition) is 0. The summed E-state index contributed by atoms with van der Waals surface area (Å²) in [6.07, 6.45) is 3.02. The summed E-state index contributed by atoms with van der Waals surface area (Å²) in [7, 11) is 0. The summed E-state index contributed by atoms with van der Waals surface area (Å²) in [6, 6.07) is 4.17. The average molecular weight is 193 g/mol. The van der Waals surface area contributed by atoms with E-state index in [0.29, 0.717) is 5.92 Å². The quantitative estimate of drug-likeness (QED) is 0.671. The number of ether oxygens (including phenoxy) is 1. The van der Waals surface area contributed by atoms with Crippen molar-refractivity contribution in [1.82, 2.24) is 4.98 Å². The van der Waals surface area contributed by atoms with Crippen LogP contribution in [0.5, 0.6) is 0 Å². The molecular weight excluding hydrogens is 174 g/mol.